The minimum absolute atomic E-state index is 0.500. The van der Waals surface area contributed by atoms with Crippen LogP contribution in [0.3, 0.4) is 0 Å². The molecule has 0 N–H and O–H groups in total. The van der Waals surface area contributed by atoms with Gasteiger partial charge in [-0.15, -0.1) is 0 Å². The van der Waals surface area contributed by atoms with Gasteiger partial charge in [0.25, 0.3) is 0 Å². The number of hydrogen-bond acceptors (Lipinski definition) is 2. The number of ether oxygens (including phenoxy) is 1. The molecule has 0 saturated carbocycles. The van der Waals surface area contributed by atoms with E-state index in [2.05, 4.69) is 66.4 Å². The van der Waals surface area contributed by atoms with E-state index < -0.39 is 0 Å². The molecule has 1 aliphatic rings. The summed E-state index contributed by atoms with van der Waals surface area (Å²) in [7, 11) is 1.71. The molecule has 2 nitrogen and oxygen atoms in total. The van der Waals surface area contributed by atoms with Gasteiger partial charge in [0.05, 0.1) is 7.11 Å². The van der Waals surface area contributed by atoms with Crippen molar-refractivity contribution in [2.24, 2.45) is 0 Å². The summed E-state index contributed by atoms with van der Waals surface area (Å²) in [5, 5.41) is 2.66. The first kappa shape index (κ1) is 15.1. The average molecular weight is 317 g/mol. The van der Waals surface area contributed by atoms with Gasteiger partial charge in [-0.25, -0.2) is 0 Å². The summed E-state index contributed by atoms with van der Waals surface area (Å²) >= 11 is 0. The lowest BCUT2D eigenvalue weighted by Gasteiger charge is -2.27. The predicted octanol–water partition coefficient (Wildman–Crippen LogP) is 5.23. The highest BCUT2D eigenvalue weighted by Crippen LogP contribution is 2.37. The Hall–Kier alpha value is -2.48. The molecule has 1 heterocycles. The highest BCUT2D eigenvalue weighted by Gasteiger charge is 2.31. The van der Waals surface area contributed by atoms with E-state index >= 15 is 0 Å². The number of methoxy groups -OCH3 is 1. The third kappa shape index (κ3) is 2.62. The molecule has 1 saturated heterocycles. The van der Waals surface area contributed by atoms with Crippen LogP contribution in [0.5, 0.6) is 5.75 Å². The Bertz CT molecular complexity index is 840. The fourth-order valence-electron chi connectivity index (χ4n) is 3.96. The first-order chi connectivity index (χ1) is 11.8. The topological polar surface area (TPSA) is 12.5 Å². The van der Waals surface area contributed by atoms with Gasteiger partial charge in [0.15, 0.2) is 0 Å². The lowest BCUT2D eigenvalue weighted by Crippen LogP contribution is -2.29. The maximum Gasteiger partial charge on any atom is 0.119 e. The second-order valence-corrected chi connectivity index (χ2v) is 6.63. The highest BCUT2D eigenvalue weighted by atomic mass is 16.5. The normalized spacial score (nSPS) is 20.5. The van der Waals surface area contributed by atoms with E-state index in [0.29, 0.717) is 12.0 Å². The highest BCUT2D eigenvalue weighted by molar-refractivity contribution is 5.83. The summed E-state index contributed by atoms with van der Waals surface area (Å²) in [6.45, 7) is 3.45. The zero-order chi connectivity index (χ0) is 16.5. The molecule has 3 aromatic carbocycles. The molecule has 122 valence electrons. The molecule has 0 unspecified atom stereocenters. The van der Waals surface area contributed by atoms with Crippen LogP contribution in [0.1, 0.15) is 24.8 Å². The van der Waals surface area contributed by atoms with Crippen molar-refractivity contribution >= 4 is 16.5 Å². The zero-order valence-electron chi connectivity index (χ0n) is 14.3. The number of fused-ring (bicyclic) bond motifs is 1. The summed E-state index contributed by atoms with van der Waals surface area (Å²) < 4.78 is 5.27. The van der Waals surface area contributed by atoms with Gasteiger partial charge in [-0.2, -0.15) is 0 Å². The van der Waals surface area contributed by atoms with E-state index in [1.807, 2.05) is 12.1 Å². The van der Waals surface area contributed by atoms with Crippen LogP contribution < -0.4 is 9.64 Å². The van der Waals surface area contributed by atoms with Crippen LogP contribution in [0, 0.1) is 0 Å². The smallest absolute Gasteiger partial charge is 0.119 e. The summed E-state index contributed by atoms with van der Waals surface area (Å²) in [5.41, 5.74) is 2.74. The quantitative estimate of drug-likeness (QED) is 0.656. The van der Waals surface area contributed by atoms with Crippen molar-refractivity contribution in [3.63, 3.8) is 0 Å². The van der Waals surface area contributed by atoms with Gasteiger partial charge in [0, 0.05) is 24.2 Å². The van der Waals surface area contributed by atoms with Crippen LogP contribution in [0.15, 0.2) is 66.7 Å². The molecular formula is C22H23NO. The average Bonchev–Trinajstić information content (AvgIpc) is 3.03. The van der Waals surface area contributed by atoms with Gasteiger partial charge in [0.1, 0.15) is 5.75 Å². The largest absolute Gasteiger partial charge is 0.497 e. The van der Waals surface area contributed by atoms with Crippen LogP contribution in [0.4, 0.5) is 5.69 Å². The predicted molar refractivity (Wildman–Crippen MR) is 101 cm³/mol. The number of nitrogens with zero attached hydrogens (tertiary/aromatic N) is 1. The molecule has 0 aromatic heterocycles. The van der Waals surface area contributed by atoms with E-state index in [1.54, 1.807) is 7.11 Å². The Kier molecular flexibility index (Phi) is 3.89. The SMILES string of the molecule is COc1ccc(N2CC[C@H](c3ccc4ccccc4c3)[C@H]2C)cc1. The molecular weight excluding hydrogens is 294 g/mol. The maximum atomic E-state index is 5.27. The van der Waals surface area contributed by atoms with Gasteiger partial charge in [-0.1, -0.05) is 42.5 Å². The molecule has 2 heteroatoms. The zero-order valence-corrected chi connectivity index (χ0v) is 14.3. The third-order valence-electron chi connectivity index (χ3n) is 5.36. The molecule has 0 spiro atoms. The first-order valence-electron chi connectivity index (χ1n) is 8.65. The Morgan fingerprint density at radius 2 is 1.67 bits per heavy atom. The van der Waals surface area contributed by atoms with Crippen LogP contribution in [-0.4, -0.2) is 19.7 Å². The Labute approximate surface area is 143 Å². The van der Waals surface area contributed by atoms with Gasteiger partial charge in [-0.3, -0.25) is 0 Å². The summed E-state index contributed by atoms with van der Waals surface area (Å²) in [4.78, 5) is 2.51. The lowest BCUT2D eigenvalue weighted by atomic mass is 9.91. The van der Waals surface area contributed by atoms with Gasteiger partial charge in [-0.05, 0) is 53.9 Å². The molecule has 0 amide bonds. The summed E-state index contributed by atoms with van der Waals surface area (Å²) in [6, 6.07) is 24.5. The van der Waals surface area contributed by atoms with Crippen molar-refractivity contribution in [1.82, 2.24) is 0 Å². The van der Waals surface area contributed by atoms with Crippen LogP contribution in [0.2, 0.25) is 0 Å². The standard InChI is InChI=1S/C22H23NO/c1-16-22(19-8-7-17-5-3-4-6-18(17)15-19)13-14-23(16)20-9-11-21(24-2)12-10-20/h3-12,15-16,22H,13-14H2,1-2H3/t16-,22+/m1/s1. The number of benzene rings is 3. The van der Waals surface area contributed by atoms with E-state index in [9.17, 15) is 0 Å². The number of rotatable bonds is 3. The summed E-state index contributed by atoms with van der Waals surface area (Å²) in [6.07, 6.45) is 1.20. The molecule has 2 atom stereocenters. The fourth-order valence-corrected chi connectivity index (χ4v) is 3.96. The molecule has 1 fully saturated rings. The molecule has 0 bridgehead atoms. The van der Waals surface area contributed by atoms with E-state index in [-0.39, 0.29) is 0 Å². The molecule has 24 heavy (non-hydrogen) atoms. The summed E-state index contributed by atoms with van der Waals surface area (Å²) in [5.74, 6) is 1.49. The van der Waals surface area contributed by atoms with Crippen LogP contribution >= 0.6 is 0 Å². The van der Waals surface area contributed by atoms with Gasteiger partial charge >= 0.3 is 0 Å². The van der Waals surface area contributed by atoms with Crippen molar-refractivity contribution in [2.75, 3.05) is 18.6 Å². The van der Waals surface area contributed by atoms with Crippen molar-refractivity contribution < 1.29 is 4.74 Å². The fraction of sp³-hybridized carbons (Fsp3) is 0.273. The number of anilines is 1. The maximum absolute atomic E-state index is 5.27. The van der Waals surface area contributed by atoms with Crippen LogP contribution in [0.25, 0.3) is 10.8 Å². The van der Waals surface area contributed by atoms with Crippen molar-refractivity contribution in [1.29, 1.82) is 0 Å². The minimum atomic E-state index is 0.500. The Balaban J connectivity index is 1.60. The molecule has 0 radical (unpaired) electrons. The van der Waals surface area contributed by atoms with Gasteiger partial charge < -0.3 is 9.64 Å². The van der Waals surface area contributed by atoms with Gasteiger partial charge in [0.2, 0.25) is 0 Å². The Morgan fingerprint density at radius 3 is 2.42 bits per heavy atom. The first-order valence-corrected chi connectivity index (χ1v) is 8.65. The third-order valence-corrected chi connectivity index (χ3v) is 5.36. The monoisotopic (exact) mass is 317 g/mol. The van der Waals surface area contributed by atoms with Crippen molar-refractivity contribution in [3.05, 3.63) is 72.3 Å². The lowest BCUT2D eigenvalue weighted by molar-refractivity contribution is 0.415. The molecule has 3 aromatic rings. The van der Waals surface area contributed by atoms with Crippen molar-refractivity contribution in [3.8, 4) is 5.75 Å². The van der Waals surface area contributed by atoms with Crippen molar-refractivity contribution in [2.45, 2.75) is 25.3 Å². The van der Waals surface area contributed by atoms with E-state index in [0.717, 1.165) is 12.3 Å². The van der Waals surface area contributed by atoms with E-state index in [4.69, 9.17) is 4.74 Å². The van der Waals surface area contributed by atoms with E-state index in [1.165, 1.54) is 28.4 Å². The molecule has 0 aliphatic carbocycles. The second kappa shape index (κ2) is 6.20. The second-order valence-electron chi connectivity index (χ2n) is 6.63. The minimum Gasteiger partial charge on any atom is -0.497 e. The Morgan fingerprint density at radius 1 is 0.917 bits per heavy atom. The number of hydrogen-bond donors (Lipinski definition) is 0. The molecule has 1 aliphatic heterocycles. The van der Waals surface area contributed by atoms with Crippen LogP contribution in [-0.2, 0) is 0 Å². The molecule has 4 rings (SSSR count).